The summed E-state index contributed by atoms with van der Waals surface area (Å²) in [5.74, 6) is -8.14. The van der Waals surface area contributed by atoms with E-state index in [9.17, 15) is 34.9 Å². The average Bonchev–Trinajstić information content (AvgIpc) is 3.60. The SMILES string of the molecule is COc1cc(O)c([C@H]2C3=CC[C@@H]4C(=O)N(c5cc([N+](=O)[O-])c(N(C)C)c([N+](=O)[O-])c5)C(=O)[C@@H]4[C@@H]3C[C@H]3C(=O)N(c4cccc(Cl)c4)C(=O)[C@@]23c2ccccc2)c(OC)c1. The number of aromatic hydroxyl groups is 1. The lowest BCUT2D eigenvalue weighted by atomic mass is 9.49. The summed E-state index contributed by atoms with van der Waals surface area (Å²) in [7, 11) is 5.59. The van der Waals surface area contributed by atoms with Gasteiger partial charge in [0.05, 0.1) is 58.6 Å². The Bertz CT molecular complexity index is 2510. The highest BCUT2D eigenvalue weighted by Gasteiger charge is 2.71. The number of amides is 4. The molecule has 17 heteroatoms. The maximum absolute atomic E-state index is 15.6. The van der Waals surface area contributed by atoms with Crippen LogP contribution in [0.3, 0.4) is 0 Å². The molecule has 2 heterocycles. The fourth-order valence-electron chi connectivity index (χ4n) is 9.93. The van der Waals surface area contributed by atoms with E-state index >= 15 is 9.59 Å². The van der Waals surface area contributed by atoms with Gasteiger partial charge in [0.1, 0.15) is 17.2 Å². The smallest absolute Gasteiger partial charge is 0.301 e. The van der Waals surface area contributed by atoms with Gasteiger partial charge >= 0.3 is 11.4 Å². The predicted molar refractivity (Wildman–Crippen MR) is 214 cm³/mol. The number of ether oxygens (including phenoxy) is 2. The van der Waals surface area contributed by atoms with Crippen LogP contribution in [-0.4, -0.2) is 66.9 Å². The molecule has 0 bridgehead atoms. The summed E-state index contributed by atoms with van der Waals surface area (Å²) < 4.78 is 11.3. The molecular weight excluding hydrogens is 786 g/mol. The van der Waals surface area contributed by atoms with Crippen molar-refractivity contribution in [3.05, 3.63) is 127 Å². The number of benzene rings is 4. The first-order valence-electron chi connectivity index (χ1n) is 18.5. The van der Waals surface area contributed by atoms with Gasteiger partial charge in [-0.1, -0.05) is 59.6 Å². The van der Waals surface area contributed by atoms with Crippen LogP contribution in [-0.2, 0) is 24.6 Å². The molecule has 1 saturated carbocycles. The average molecular weight is 822 g/mol. The van der Waals surface area contributed by atoms with E-state index in [0.29, 0.717) is 11.1 Å². The van der Waals surface area contributed by atoms with Gasteiger partial charge in [-0.3, -0.25) is 39.4 Å². The Morgan fingerprint density at radius 1 is 0.814 bits per heavy atom. The number of fused-ring (bicyclic) bond motifs is 4. The number of hydrogen-bond donors (Lipinski definition) is 1. The third-order valence-electron chi connectivity index (χ3n) is 12.2. The zero-order valence-corrected chi connectivity index (χ0v) is 32.8. The topological polar surface area (TPSA) is 203 Å². The molecule has 16 nitrogen and oxygen atoms in total. The number of imide groups is 2. The lowest BCUT2D eigenvalue weighted by Crippen LogP contribution is -2.53. The minimum absolute atomic E-state index is 0.0387. The van der Waals surface area contributed by atoms with Gasteiger partial charge in [0.15, 0.2) is 5.69 Å². The first kappa shape index (κ1) is 39.0. The van der Waals surface area contributed by atoms with Crippen LogP contribution in [0.25, 0.3) is 0 Å². The Labute approximate surface area is 341 Å². The molecule has 8 rings (SSSR count). The maximum Gasteiger partial charge on any atom is 0.301 e. The van der Waals surface area contributed by atoms with Crippen LogP contribution in [0.2, 0.25) is 5.02 Å². The second kappa shape index (κ2) is 14.2. The molecule has 59 heavy (non-hydrogen) atoms. The molecular formula is C42H36ClN5O11. The summed E-state index contributed by atoms with van der Waals surface area (Å²) in [6, 6.07) is 19.8. The van der Waals surface area contributed by atoms with Crippen LogP contribution in [0.5, 0.6) is 17.2 Å². The summed E-state index contributed by atoms with van der Waals surface area (Å²) in [5, 5.41) is 36.8. The minimum atomic E-state index is -1.75. The number of halogens is 1. The quantitative estimate of drug-likeness (QED) is 0.0854. The fourth-order valence-corrected chi connectivity index (χ4v) is 10.1. The maximum atomic E-state index is 15.6. The first-order valence-corrected chi connectivity index (χ1v) is 18.9. The van der Waals surface area contributed by atoms with Crippen molar-refractivity contribution in [2.45, 2.75) is 24.2 Å². The Morgan fingerprint density at radius 2 is 1.49 bits per heavy atom. The summed E-state index contributed by atoms with van der Waals surface area (Å²) in [6.45, 7) is 0. The molecule has 4 aliphatic rings. The number of rotatable bonds is 9. The van der Waals surface area contributed by atoms with Crippen LogP contribution < -0.4 is 24.2 Å². The number of methoxy groups -OCH3 is 2. The van der Waals surface area contributed by atoms with Crippen molar-refractivity contribution in [3.63, 3.8) is 0 Å². The van der Waals surface area contributed by atoms with Crippen LogP contribution >= 0.6 is 11.6 Å². The monoisotopic (exact) mass is 821 g/mol. The minimum Gasteiger partial charge on any atom is -0.507 e. The second-order valence-corrected chi connectivity index (χ2v) is 15.5. The lowest BCUT2D eigenvalue weighted by Gasteiger charge is -2.51. The molecule has 302 valence electrons. The van der Waals surface area contributed by atoms with Gasteiger partial charge in [-0.15, -0.1) is 0 Å². The van der Waals surface area contributed by atoms with Crippen LogP contribution in [0.15, 0.2) is 90.5 Å². The lowest BCUT2D eigenvalue weighted by molar-refractivity contribution is -0.392. The van der Waals surface area contributed by atoms with Gasteiger partial charge in [-0.05, 0) is 42.5 Å². The number of carbonyl (C=O) groups excluding carboxylic acids is 4. The molecule has 1 N–H and O–H groups in total. The molecule has 3 fully saturated rings. The van der Waals surface area contributed by atoms with E-state index in [1.54, 1.807) is 54.6 Å². The zero-order valence-electron chi connectivity index (χ0n) is 32.0. The van der Waals surface area contributed by atoms with E-state index < -0.39 is 79.9 Å². The van der Waals surface area contributed by atoms with E-state index in [1.807, 2.05) is 0 Å². The molecule has 4 aromatic carbocycles. The highest BCUT2D eigenvalue weighted by atomic mass is 35.5. The van der Waals surface area contributed by atoms with Crippen molar-refractivity contribution in [2.24, 2.45) is 23.7 Å². The van der Waals surface area contributed by atoms with Crippen molar-refractivity contribution < 1.29 is 43.6 Å². The molecule has 2 aliphatic heterocycles. The number of anilines is 3. The molecule has 4 aromatic rings. The predicted octanol–water partition coefficient (Wildman–Crippen LogP) is 6.31. The van der Waals surface area contributed by atoms with Crippen molar-refractivity contribution in [2.75, 3.05) is 43.0 Å². The van der Waals surface area contributed by atoms with E-state index in [4.69, 9.17) is 21.1 Å². The van der Waals surface area contributed by atoms with Crippen LogP contribution in [0.1, 0.15) is 29.9 Å². The van der Waals surface area contributed by atoms with Gasteiger partial charge in [-0.25, -0.2) is 9.80 Å². The van der Waals surface area contributed by atoms with E-state index in [-0.39, 0.29) is 57.7 Å². The Morgan fingerprint density at radius 3 is 2.08 bits per heavy atom. The van der Waals surface area contributed by atoms with Crippen molar-refractivity contribution in [1.82, 2.24) is 0 Å². The number of nitrogens with zero attached hydrogens (tertiary/aromatic N) is 5. The number of hydrogen-bond acceptors (Lipinski definition) is 12. The third-order valence-corrected chi connectivity index (χ3v) is 12.4. The Kier molecular flexibility index (Phi) is 9.42. The Balaban J connectivity index is 1.36. The van der Waals surface area contributed by atoms with Gasteiger partial charge in [0, 0.05) is 54.9 Å². The van der Waals surface area contributed by atoms with Crippen molar-refractivity contribution in [3.8, 4) is 17.2 Å². The molecule has 0 aromatic heterocycles. The number of allylic oxidation sites excluding steroid dienone is 2. The number of phenols is 1. The van der Waals surface area contributed by atoms with Gasteiger partial charge in [-0.2, -0.15) is 0 Å². The van der Waals surface area contributed by atoms with Crippen molar-refractivity contribution >= 4 is 63.7 Å². The number of nitro benzene ring substituents is 2. The van der Waals surface area contributed by atoms with E-state index in [1.165, 1.54) is 51.4 Å². The highest BCUT2D eigenvalue weighted by Crippen LogP contribution is 2.66. The normalized spacial score (nSPS) is 24.6. The van der Waals surface area contributed by atoms with Gasteiger partial charge < -0.3 is 19.5 Å². The summed E-state index contributed by atoms with van der Waals surface area (Å²) >= 11 is 6.40. The molecule has 0 radical (unpaired) electrons. The standard InChI is InChI=1S/C42H36ClN5O11/c1-44(2)37-30(47(54)55)16-24(17-31(37)48(56)57)45-38(50)27-14-13-26-28(34(27)40(45)52)20-29-39(51)46(23-12-8-11-22(43)15-23)41(53)42(29,21-9-6-5-7-10-21)36(26)35-32(49)18-25(58-3)19-33(35)59-4/h5-13,15-19,27-29,34,36,49H,14,20H2,1-4H3/t27-,28+,29-,34-,36+,42+/m0/s1. The highest BCUT2D eigenvalue weighted by molar-refractivity contribution is 6.32. The Hall–Kier alpha value is -6.81. The third kappa shape index (κ3) is 5.64. The summed E-state index contributed by atoms with van der Waals surface area (Å²) in [6.07, 6.45) is 1.62. The van der Waals surface area contributed by atoms with E-state index in [2.05, 4.69) is 0 Å². The fraction of sp³-hybridized carbons (Fsp3) is 0.286. The largest absolute Gasteiger partial charge is 0.507 e. The van der Waals surface area contributed by atoms with Crippen molar-refractivity contribution in [1.29, 1.82) is 0 Å². The summed E-state index contributed by atoms with van der Waals surface area (Å²) in [5.41, 5.74) is -2.49. The van der Waals surface area contributed by atoms with Gasteiger partial charge in [0.2, 0.25) is 23.6 Å². The van der Waals surface area contributed by atoms with Gasteiger partial charge in [0.25, 0.3) is 0 Å². The molecule has 2 saturated heterocycles. The second-order valence-electron chi connectivity index (χ2n) is 15.1. The zero-order chi connectivity index (χ0) is 42.2. The number of carbonyl (C=O) groups is 4. The number of nitro groups is 2. The van der Waals surface area contributed by atoms with Crippen LogP contribution in [0.4, 0.5) is 28.4 Å². The number of phenolic OH excluding ortho intramolecular Hbond substituents is 1. The molecule has 0 spiro atoms. The first-order chi connectivity index (χ1) is 28.2. The van der Waals surface area contributed by atoms with E-state index in [0.717, 1.165) is 21.9 Å². The molecule has 0 unspecified atom stereocenters. The molecule has 2 aliphatic carbocycles. The molecule has 4 amide bonds. The van der Waals surface area contributed by atoms with Crippen LogP contribution in [0, 0.1) is 43.9 Å². The summed E-state index contributed by atoms with van der Waals surface area (Å²) in [4.78, 5) is 85.8. The molecule has 6 atom stereocenters.